The highest BCUT2D eigenvalue weighted by molar-refractivity contribution is 7.17. The Labute approximate surface area is 129 Å². The van der Waals surface area contributed by atoms with Gasteiger partial charge in [-0.1, -0.05) is 36.4 Å². The topological polar surface area (TPSA) is 26.0 Å². The van der Waals surface area contributed by atoms with Crippen LogP contribution in [-0.4, -0.2) is 0 Å². The van der Waals surface area contributed by atoms with E-state index in [0.717, 1.165) is 0 Å². The van der Waals surface area contributed by atoms with Crippen molar-refractivity contribution in [2.24, 2.45) is 5.73 Å². The standard InChI is InChI=1S/C19H19NS/c20-19(17-12-21-18-8-4-3-7-16(17)18)15-10-9-13-5-1-2-6-14(13)11-15/h3-4,7-12,19H,1-2,5-6,20H2. The molecule has 3 aromatic rings. The second kappa shape index (κ2) is 5.28. The van der Waals surface area contributed by atoms with Gasteiger partial charge in [-0.3, -0.25) is 0 Å². The largest absolute Gasteiger partial charge is 0.320 e. The summed E-state index contributed by atoms with van der Waals surface area (Å²) in [6, 6.07) is 15.4. The predicted molar refractivity (Wildman–Crippen MR) is 90.9 cm³/mol. The highest BCUT2D eigenvalue weighted by Crippen LogP contribution is 2.33. The van der Waals surface area contributed by atoms with E-state index in [-0.39, 0.29) is 6.04 Å². The maximum absolute atomic E-state index is 6.57. The van der Waals surface area contributed by atoms with Gasteiger partial charge >= 0.3 is 0 Å². The van der Waals surface area contributed by atoms with Crippen LogP contribution in [0.25, 0.3) is 10.1 Å². The lowest BCUT2D eigenvalue weighted by atomic mass is 9.88. The van der Waals surface area contributed by atoms with E-state index in [1.807, 2.05) is 0 Å². The highest BCUT2D eigenvalue weighted by Gasteiger charge is 2.16. The molecule has 0 radical (unpaired) electrons. The van der Waals surface area contributed by atoms with Crippen molar-refractivity contribution in [1.82, 2.24) is 0 Å². The molecular weight excluding hydrogens is 274 g/mol. The van der Waals surface area contributed by atoms with Crippen LogP contribution in [0.4, 0.5) is 0 Å². The molecule has 0 fully saturated rings. The number of hydrogen-bond acceptors (Lipinski definition) is 2. The molecule has 0 saturated carbocycles. The quantitative estimate of drug-likeness (QED) is 0.719. The fourth-order valence-electron chi connectivity index (χ4n) is 3.37. The lowest BCUT2D eigenvalue weighted by Gasteiger charge is -2.19. The van der Waals surface area contributed by atoms with Crippen molar-refractivity contribution in [2.45, 2.75) is 31.7 Å². The van der Waals surface area contributed by atoms with Crippen molar-refractivity contribution in [1.29, 1.82) is 0 Å². The van der Waals surface area contributed by atoms with E-state index in [0.29, 0.717) is 0 Å². The van der Waals surface area contributed by atoms with Gasteiger partial charge in [-0.05, 0) is 64.8 Å². The number of nitrogens with two attached hydrogens (primary N) is 1. The number of benzene rings is 2. The Morgan fingerprint density at radius 2 is 1.76 bits per heavy atom. The summed E-state index contributed by atoms with van der Waals surface area (Å²) in [5.41, 5.74) is 12.1. The Morgan fingerprint density at radius 3 is 2.67 bits per heavy atom. The van der Waals surface area contributed by atoms with E-state index in [4.69, 9.17) is 5.73 Å². The summed E-state index contributed by atoms with van der Waals surface area (Å²) in [6.07, 6.45) is 5.08. The van der Waals surface area contributed by atoms with Crippen molar-refractivity contribution in [3.8, 4) is 0 Å². The van der Waals surface area contributed by atoms with Crippen molar-refractivity contribution < 1.29 is 0 Å². The number of thiophene rings is 1. The van der Waals surface area contributed by atoms with Gasteiger partial charge in [-0.2, -0.15) is 0 Å². The number of hydrogen-bond donors (Lipinski definition) is 1. The summed E-state index contributed by atoms with van der Waals surface area (Å²) in [6.45, 7) is 0. The van der Waals surface area contributed by atoms with E-state index < -0.39 is 0 Å². The van der Waals surface area contributed by atoms with Crippen LogP contribution in [-0.2, 0) is 12.8 Å². The maximum Gasteiger partial charge on any atom is 0.0566 e. The zero-order chi connectivity index (χ0) is 14.2. The third kappa shape index (κ3) is 2.29. The summed E-state index contributed by atoms with van der Waals surface area (Å²) in [7, 11) is 0. The first-order valence-corrected chi connectivity index (χ1v) is 8.54. The Hall–Kier alpha value is -1.64. The van der Waals surface area contributed by atoms with Crippen LogP contribution >= 0.6 is 11.3 Å². The second-order valence-electron chi connectivity index (χ2n) is 5.90. The molecule has 1 heterocycles. The van der Waals surface area contributed by atoms with Crippen LogP contribution in [0.3, 0.4) is 0 Å². The van der Waals surface area contributed by atoms with Gasteiger partial charge in [0.1, 0.15) is 0 Å². The molecule has 4 rings (SSSR count). The van der Waals surface area contributed by atoms with Gasteiger partial charge in [0.2, 0.25) is 0 Å². The molecule has 2 aromatic carbocycles. The van der Waals surface area contributed by atoms with Gasteiger partial charge < -0.3 is 5.73 Å². The monoisotopic (exact) mass is 293 g/mol. The minimum atomic E-state index is -0.0200. The van der Waals surface area contributed by atoms with E-state index in [9.17, 15) is 0 Å². The molecule has 1 aliphatic carbocycles. The normalized spacial score (nSPS) is 15.9. The third-order valence-corrected chi connectivity index (χ3v) is 5.56. The second-order valence-corrected chi connectivity index (χ2v) is 6.81. The maximum atomic E-state index is 6.57. The van der Waals surface area contributed by atoms with Crippen LogP contribution in [0, 0.1) is 0 Å². The molecule has 1 nitrogen and oxygen atoms in total. The average molecular weight is 293 g/mol. The molecule has 1 aromatic heterocycles. The van der Waals surface area contributed by atoms with Crippen LogP contribution in [0.1, 0.15) is 41.1 Å². The van der Waals surface area contributed by atoms with Gasteiger partial charge in [0.25, 0.3) is 0 Å². The highest BCUT2D eigenvalue weighted by atomic mass is 32.1. The van der Waals surface area contributed by atoms with Gasteiger partial charge in [-0.25, -0.2) is 0 Å². The molecule has 0 aliphatic heterocycles. The summed E-state index contributed by atoms with van der Waals surface area (Å²) < 4.78 is 1.32. The molecular formula is C19H19NS. The number of aryl methyl sites for hydroxylation is 2. The molecule has 21 heavy (non-hydrogen) atoms. The molecule has 0 bridgehead atoms. The smallest absolute Gasteiger partial charge is 0.0566 e. The van der Waals surface area contributed by atoms with E-state index >= 15 is 0 Å². The van der Waals surface area contributed by atoms with E-state index in [1.54, 1.807) is 11.3 Å². The SMILES string of the molecule is NC(c1ccc2c(c1)CCCC2)c1csc2ccccc12. The summed E-state index contributed by atoms with van der Waals surface area (Å²) in [5, 5.41) is 3.52. The molecule has 0 amide bonds. The first-order valence-electron chi connectivity index (χ1n) is 7.66. The lowest BCUT2D eigenvalue weighted by Crippen LogP contribution is -2.13. The van der Waals surface area contributed by atoms with Gasteiger partial charge in [0, 0.05) is 4.70 Å². The fourth-order valence-corrected chi connectivity index (χ4v) is 4.36. The van der Waals surface area contributed by atoms with Crippen LogP contribution in [0.5, 0.6) is 0 Å². The van der Waals surface area contributed by atoms with Crippen LogP contribution in [0.2, 0.25) is 0 Å². The van der Waals surface area contributed by atoms with Crippen LogP contribution in [0.15, 0.2) is 47.8 Å². The van der Waals surface area contributed by atoms with Gasteiger partial charge in [-0.15, -0.1) is 11.3 Å². The lowest BCUT2D eigenvalue weighted by molar-refractivity contribution is 0.683. The Kier molecular flexibility index (Phi) is 3.28. The molecule has 0 saturated heterocycles. The summed E-state index contributed by atoms with van der Waals surface area (Å²) in [5.74, 6) is 0. The molecule has 1 atom stereocenters. The zero-order valence-electron chi connectivity index (χ0n) is 12.0. The predicted octanol–water partition coefficient (Wildman–Crippen LogP) is 4.83. The third-order valence-electron chi connectivity index (χ3n) is 4.58. The molecule has 1 aliphatic rings. The minimum Gasteiger partial charge on any atom is -0.320 e. The summed E-state index contributed by atoms with van der Waals surface area (Å²) >= 11 is 1.79. The van der Waals surface area contributed by atoms with Gasteiger partial charge in [0.15, 0.2) is 0 Å². The minimum absolute atomic E-state index is 0.0200. The molecule has 0 spiro atoms. The van der Waals surface area contributed by atoms with Gasteiger partial charge in [0.05, 0.1) is 6.04 Å². The van der Waals surface area contributed by atoms with Crippen molar-refractivity contribution in [3.63, 3.8) is 0 Å². The summed E-state index contributed by atoms with van der Waals surface area (Å²) in [4.78, 5) is 0. The van der Waals surface area contributed by atoms with Crippen molar-refractivity contribution >= 4 is 21.4 Å². The molecule has 106 valence electrons. The van der Waals surface area contributed by atoms with E-state index in [1.165, 1.54) is 58.0 Å². The molecule has 2 N–H and O–H groups in total. The Bertz CT molecular complexity index is 787. The first kappa shape index (κ1) is 13.1. The fraction of sp³-hybridized carbons (Fsp3) is 0.263. The molecule has 1 unspecified atom stereocenters. The zero-order valence-corrected chi connectivity index (χ0v) is 12.8. The Balaban J connectivity index is 1.75. The number of rotatable bonds is 2. The first-order chi connectivity index (χ1) is 10.3. The van der Waals surface area contributed by atoms with Crippen molar-refractivity contribution in [2.75, 3.05) is 0 Å². The van der Waals surface area contributed by atoms with Crippen molar-refractivity contribution in [3.05, 3.63) is 70.1 Å². The molecule has 2 heteroatoms. The average Bonchev–Trinajstić information content (AvgIpc) is 2.98. The Morgan fingerprint density at radius 1 is 0.952 bits per heavy atom. The van der Waals surface area contributed by atoms with E-state index in [2.05, 4.69) is 47.8 Å². The number of fused-ring (bicyclic) bond motifs is 2. The van der Waals surface area contributed by atoms with Crippen LogP contribution < -0.4 is 5.73 Å².